The molecular weight excluding hydrogens is 437 g/mol. The van der Waals surface area contributed by atoms with Crippen molar-refractivity contribution in [2.24, 2.45) is 0 Å². The Labute approximate surface area is 185 Å². The quantitative estimate of drug-likeness (QED) is 0.542. The minimum atomic E-state index is -4.14. The molecule has 4 rings (SSSR count). The predicted octanol–water partition coefficient (Wildman–Crippen LogP) is 3.09. The normalized spacial score (nSPS) is 15.0. The highest BCUT2D eigenvalue weighted by Crippen LogP contribution is 2.29. The van der Waals surface area contributed by atoms with Crippen molar-refractivity contribution in [1.29, 1.82) is 0 Å². The highest BCUT2D eigenvalue weighted by Gasteiger charge is 2.37. The average molecular weight is 459 g/mol. The molecule has 10 heteroatoms. The van der Waals surface area contributed by atoms with E-state index in [1.165, 1.54) is 16.4 Å². The molecule has 1 saturated heterocycles. The number of hydrogen-bond acceptors (Lipinski definition) is 7. The number of anilines is 1. The first-order chi connectivity index (χ1) is 15.3. The summed E-state index contributed by atoms with van der Waals surface area (Å²) in [5.41, 5.74) is 1.98. The van der Waals surface area contributed by atoms with Gasteiger partial charge in [0.15, 0.2) is 0 Å². The smallest absolute Gasteiger partial charge is 0.361 e. The molecule has 0 N–H and O–H groups in total. The minimum Gasteiger partial charge on any atom is -0.464 e. The lowest BCUT2D eigenvalue weighted by Gasteiger charge is -2.34. The molecule has 1 fully saturated rings. The topological polar surface area (TPSA) is 92.9 Å². The van der Waals surface area contributed by atoms with Gasteiger partial charge in [-0.3, -0.25) is 0 Å². The number of benzene rings is 2. The van der Waals surface area contributed by atoms with E-state index in [1.807, 2.05) is 24.0 Å². The van der Waals surface area contributed by atoms with Crippen LogP contribution in [0.15, 0.2) is 58.0 Å². The van der Waals surface area contributed by atoms with Crippen LogP contribution in [-0.2, 0) is 14.8 Å². The van der Waals surface area contributed by atoms with Gasteiger partial charge >= 0.3 is 5.97 Å². The van der Waals surface area contributed by atoms with Crippen LogP contribution in [0.2, 0.25) is 0 Å². The predicted molar refractivity (Wildman–Crippen MR) is 115 cm³/mol. The first kappa shape index (κ1) is 22.0. The number of piperazine rings is 1. The largest absolute Gasteiger partial charge is 0.464 e. The van der Waals surface area contributed by atoms with Gasteiger partial charge < -0.3 is 14.1 Å². The lowest BCUT2D eigenvalue weighted by molar-refractivity contribution is 0.0587. The van der Waals surface area contributed by atoms with E-state index >= 15 is 0 Å². The lowest BCUT2D eigenvalue weighted by atomic mass is 10.1. The third-order valence-corrected chi connectivity index (χ3v) is 7.07. The molecule has 1 aliphatic heterocycles. The Morgan fingerprint density at radius 1 is 1.03 bits per heavy atom. The number of esters is 1. The number of carbonyl (C=O) groups excluding carboxylic acids is 1. The summed E-state index contributed by atoms with van der Waals surface area (Å²) in [6.07, 6.45) is 0. The highest BCUT2D eigenvalue weighted by atomic mass is 32.2. The standard InChI is InChI=1S/C22H22FN3O5S/c1-15-3-5-16(6-4-15)20-24-19(21(27)30-2)22(31-20)32(28,29)26-13-11-25(12-14-26)18-9-7-17(23)8-10-18/h3-10H,11-14H2,1-2H3. The summed E-state index contributed by atoms with van der Waals surface area (Å²) in [5, 5.41) is -0.532. The zero-order chi connectivity index (χ0) is 22.9. The Bertz CT molecular complexity index is 1220. The fourth-order valence-electron chi connectivity index (χ4n) is 3.48. The second-order valence-corrected chi connectivity index (χ2v) is 9.22. The van der Waals surface area contributed by atoms with Gasteiger partial charge in [-0.05, 0) is 43.3 Å². The molecule has 0 atom stereocenters. The van der Waals surface area contributed by atoms with Crippen molar-refractivity contribution < 1.29 is 26.8 Å². The van der Waals surface area contributed by atoms with E-state index in [0.29, 0.717) is 18.7 Å². The Hall–Kier alpha value is -3.24. The van der Waals surface area contributed by atoms with E-state index in [1.54, 1.807) is 24.3 Å². The van der Waals surface area contributed by atoms with Crippen molar-refractivity contribution in [2.75, 3.05) is 38.2 Å². The number of sulfonamides is 1. The summed E-state index contributed by atoms with van der Waals surface area (Å²) >= 11 is 0. The van der Waals surface area contributed by atoms with Crippen LogP contribution in [-0.4, -0.2) is 57.0 Å². The van der Waals surface area contributed by atoms with Crippen LogP contribution >= 0.6 is 0 Å². The van der Waals surface area contributed by atoms with Crippen molar-refractivity contribution in [3.05, 3.63) is 65.6 Å². The molecule has 0 amide bonds. The van der Waals surface area contributed by atoms with E-state index in [-0.39, 0.29) is 30.5 Å². The molecule has 32 heavy (non-hydrogen) atoms. The monoisotopic (exact) mass is 459 g/mol. The van der Waals surface area contributed by atoms with Gasteiger partial charge in [-0.15, -0.1) is 0 Å². The van der Waals surface area contributed by atoms with Crippen LogP contribution in [0.4, 0.5) is 10.1 Å². The van der Waals surface area contributed by atoms with E-state index < -0.39 is 21.1 Å². The lowest BCUT2D eigenvalue weighted by Crippen LogP contribution is -2.48. The first-order valence-electron chi connectivity index (χ1n) is 9.96. The number of nitrogens with zero attached hydrogens (tertiary/aromatic N) is 3. The van der Waals surface area contributed by atoms with Crippen molar-refractivity contribution >= 4 is 21.7 Å². The molecule has 1 aliphatic rings. The second kappa shape index (κ2) is 8.71. The molecule has 0 aliphatic carbocycles. The molecule has 2 heterocycles. The number of ether oxygens (including phenoxy) is 1. The number of hydrogen-bond donors (Lipinski definition) is 0. The van der Waals surface area contributed by atoms with E-state index in [9.17, 15) is 17.6 Å². The number of rotatable bonds is 5. The summed E-state index contributed by atoms with van der Waals surface area (Å²) in [6, 6.07) is 13.2. The Morgan fingerprint density at radius 2 is 1.66 bits per heavy atom. The Morgan fingerprint density at radius 3 is 2.25 bits per heavy atom. The van der Waals surface area contributed by atoms with Crippen molar-refractivity contribution in [2.45, 2.75) is 12.0 Å². The average Bonchev–Trinajstić information content (AvgIpc) is 3.26. The van der Waals surface area contributed by atoms with Gasteiger partial charge in [0.05, 0.1) is 7.11 Å². The molecule has 0 unspecified atom stereocenters. The van der Waals surface area contributed by atoms with Gasteiger partial charge in [-0.2, -0.15) is 4.31 Å². The third kappa shape index (κ3) is 4.23. The summed E-state index contributed by atoms with van der Waals surface area (Å²) in [7, 11) is -2.99. The maximum absolute atomic E-state index is 13.3. The molecule has 168 valence electrons. The first-order valence-corrected chi connectivity index (χ1v) is 11.4. The maximum atomic E-state index is 13.3. The highest BCUT2D eigenvalue weighted by molar-refractivity contribution is 7.89. The molecule has 0 bridgehead atoms. The minimum absolute atomic E-state index is 0.0222. The molecule has 0 spiro atoms. The van der Waals surface area contributed by atoms with Crippen LogP contribution in [0.5, 0.6) is 0 Å². The summed E-state index contributed by atoms with van der Waals surface area (Å²) in [6.45, 7) is 3.05. The molecule has 2 aromatic carbocycles. The summed E-state index contributed by atoms with van der Waals surface area (Å²) in [5.74, 6) is -1.20. The number of methoxy groups -OCH3 is 1. The molecule has 8 nitrogen and oxygen atoms in total. The zero-order valence-electron chi connectivity index (χ0n) is 17.6. The van der Waals surface area contributed by atoms with E-state index in [4.69, 9.17) is 9.15 Å². The molecular formula is C22H22FN3O5S. The second-order valence-electron chi connectivity index (χ2n) is 7.38. The zero-order valence-corrected chi connectivity index (χ0v) is 18.4. The van der Waals surface area contributed by atoms with Gasteiger partial charge in [-0.25, -0.2) is 22.6 Å². The van der Waals surface area contributed by atoms with Gasteiger partial charge in [0.2, 0.25) is 11.6 Å². The van der Waals surface area contributed by atoms with Crippen molar-refractivity contribution in [1.82, 2.24) is 9.29 Å². The van der Waals surface area contributed by atoms with Crippen molar-refractivity contribution in [3.63, 3.8) is 0 Å². The van der Waals surface area contributed by atoms with Crippen LogP contribution in [0, 0.1) is 12.7 Å². The van der Waals surface area contributed by atoms with Crippen LogP contribution in [0.3, 0.4) is 0 Å². The number of carbonyl (C=O) groups is 1. The van der Waals surface area contributed by atoms with Crippen molar-refractivity contribution in [3.8, 4) is 11.5 Å². The van der Waals surface area contributed by atoms with Crippen LogP contribution in [0.25, 0.3) is 11.5 Å². The molecule has 3 aromatic rings. The molecule has 0 radical (unpaired) electrons. The van der Waals surface area contributed by atoms with Gasteiger partial charge in [0.1, 0.15) is 5.82 Å². The number of oxazole rings is 1. The molecule has 0 saturated carbocycles. The SMILES string of the molecule is COC(=O)c1nc(-c2ccc(C)cc2)oc1S(=O)(=O)N1CCN(c2ccc(F)cc2)CC1. The Kier molecular flexibility index (Phi) is 5.98. The van der Waals surface area contributed by atoms with Crippen LogP contribution in [0.1, 0.15) is 16.1 Å². The number of aromatic nitrogens is 1. The summed E-state index contributed by atoms with van der Waals surface area (Å²) in [4.78, 5) is 18.3. The Balaban J connectivity index is 1.61. The van der Waals surface area contributed by atoms with E-state index in [0.717, 1.165) is 18.4 Å². The third-order valence-electron chi connectivity index (χ3n) is 5.28. The number of aryl methyl sites for hydroxylation is 1. The maximum Gasteiger partial charge on any atom is 0.361 e. The van der Waals surface area contributed by atoms with E-state index in [2.05, 4.69) is 4.98 Å². The summed E-state index contributed by atoms with van der Waals surface area (Å²) < 4.78 is 51.4. The van der Waals surface area contributed by atoms with Gasteiger partial charge in [0, 0.05) is 37.4 Å². The van der Waals surface area contributed by atoms with Gasteiger partial charge in [-0.1, -0.05) is 17.7 Å². The van der Waals surface area contributed by atoms with Gasteiger partial charge in [0.25, 0.3) is 15.1 Å². The van der Waals surface area contributed by atoms with Crippen LogP contribution < -0.4 is 4.90 Å². The molecule has 1 aromatic heterocycles. The number of halogens is 1. The fourth-order valence-corrected chi connectivity index (χ4v) is 4.92. The fraction of sp³-hybridized carbons (Fsp3) is 0.273.